The van der Waals surface area contributed by atoms with Crippen molar-refractivity contribution in [2.75, 3.05) is 0 Å². The molecule has 14 heavy (non-hydrogen) atoms. The molecule has 1 aromatic carbocycles. The van der Waals surface area contributed by atoms with Crippen LogP contribution in [0, 0.1) is 0 Å². The zero-order valence-electron chi connectivity index (χ0n) is 7.61. The van der Waals surface area contributed by atoms with Crippen molar-refractivity contribution in [3.8, 4) is 0 Å². The van der Waals surface area contributed by atoms with E-state index in [2.05, 4.69) is 0 Å². The van der Waals surface area contributed by atoms with Gasteiger partial charge in [0, 0.05) is 0 Å². The summed E-state index contributed by atoms with van der Waals surface area (Å²) in [5.74, 6) is 0. The zero-order chi connectivity index (χ0) is 10.2. The quantitative estimate of drug-likeness (QED) is 0.668. The molecule has 76 valence electrons. The third-order valence-corrected chi connectivity index (χ3v) is 3.90. The lowest BCUT2D eigenvalue weighted by Gasteiger charge is -2.21. The largest absolute Gasteiger partial charge is 0.305 e. The fourth-order valence-electron chi connectivity index (χ4n) is 1.90. The van der Waals surface area contributed by atoms with Crippen LogP contribution in [-0.2, 0) is 23.1 Å². The molecule has 1 aromatic rings. The Bertz CT molecular complexity index is 439. The molecule has 0 radical (unpaired) electrons. The normalized spacial score (nSPS) is 21.6. The van der Waals surface area contributed by atoms with Gasteiger partial charge in [0.2, 0.25) is 0 Å². The van der Waals surface area contributed by atoms with Gasteiger partial charge in [-0.3, -0.25) is 0 Å². The van der Waals surface area contributed by atoms with Crippen LogP contribution in [0.25, 0.3) is 0 Å². The summed E-state index contributed by atoms with van der Waals surface area (Å²) in [5.41, 5.74) is 2.11. The van der Waals surface area contributed by atoms with Gasteiger partial charge in [0.1, 0.15) is 0 Å². The van der Waals surface area contributed by atoms with Crippen LogP contribution < -0.4 is 0 Å². The average molecular weight is 214 g/mol. The van der Waals surface area contributed by atoms with E-state index < -0.39 is 15.5 Å². The van der Waals surface area contributed by atoms with Crippen molar-refractivity contribution >= 4 is 10.2 Å². The van der Waals surface area contributed by atoms with Crippen molar-refractivity contribution < 1.29 is 12.3 Å². The number of halogens is 1. The van der Waals surface area contributed by atoms with Gasteiger partial charge in [-0.15, -0.1) is 3.89 Å². The fraction of sp³-hybridized carbons (Fsp3) is 0.400. The van der Waals surface area contributed by atoms with Crippen LogP contribution in [0.4, 0.5) is 3.89 Å². The molecule has 0 bridgehead atoms. The van der Waals surface area contributed by atoms with E-state index in [4.69, 9.17) is 0 Å². The van der Waals surface area contributed by atoms with Gasteiger partial charge in [-0.25, -0.2) is 0 Å². The summed E-state index contributed by atoms with van der Waals surface area (Å²) in [7, 11) is -4.37. The molecular formula is C10H11FO2S. The van der Waals surface area contributed by atoms with Gasteiger partial charge < -0.3 is 0 Å². The SMILES string of the molecule is O=S(=O)(F)C1CCc2ccccc2C1. The molecule has 4 heteroatoms. The van der Waals surface area contributed by atoms with E-state index in [9.17, 15) is 12.3 Å². The standard InChI is InChI=1S/C10H11FO2S/c11-14(12,13)10-6-5-8-3-1-2-4-9(8)7-10/h1-4,10H,5-7H2. The average Bonchev–Trinajstić information content (AvgIpc) is 2.16. The predicted molar refractivity (Wildman–Crippen MR) is 52.3 cm³/mol. The molecule has 2 nitrogen and oxygen atoms in total. The van der Waals surface area contributed by atoms with Crippen LogP contribution in [0.15, 0.2) is 24.3 Å². The molecule has 1 unspecified atom stereocenters. The monoisotopic (exact) mass is 214 g/mol. The Hall–Kier alpha value is -0.900. The molecule has 2 rings (SSSR count). The molecule has 0 spiro atoms. The summed E-state index contributed by atoms with van der Waals surface area (Å²) in [6.45, 7) is 0. The number of fused-ring (bicyclic) bond motifs is 1. The third-order valence-electron chi connectivity index (χ3n) is 2.70. The molecule has 1 aliphatic rings. The van der Waals surface area contributed by atoms with E-state index >= 15 is 0 Å². The van der Waals surface area contributed by atoms with Gasteiger partial charge in [0.05, 0.1) is 5.25 Å². The first-order valence-corrected chi connectivity index (χ1v) is 6.02. The maximum absolute atomic E-state index is 12.7. The first-order valence-electron chi connectivity index (χ1n) is 4.57. The van der Waals surface area contributed by atoms with Gasteiger partial charge in [-0.05, 0) is 30.4 Å². The van der Waals surface area contributed by atoms with Crippen LogP contribution in [0.3, 0.4) is 0 Å². The second kappa shape index (κ2) is 3.35. The summed E-state index contributed by atoms with van der Waals surface area (Å²) in [6.07, 6.45) is 1.37. The second-order valence-electron chi connectivity index (χ2n) is 3.61. The molecule has 0 fully saturated rings. The van der Waals surface area contributed by atoms with Crippen molar-refractivity contribution in [3.63, 3.8) is 0 Å². The van der Waals surface area contributed by atoms with Crippen LogP contribution in [0.1, 0.15) is 17.5 Å². The molecular weight excluding hydrogens is 203 g/mol. The fourth-order valence-corrected chi connectivity index (χ4v) is 2.68. The smallest absolute Gasteiger partial charge is 0.195 e. The van der Waals surface area contributed by atoms with E-state index in [-0.39, 0.29) is 0 Å². The van der Waals surface area contributed by atoms with E-state index in [0.29, 0.717) is 19.3 Å². The molecule has 1 aliphatic carbocycles. The molecule has 1 atom stereocenters. The predicted octanol–water partition coefficient (Wildman–Crippen LogP) is 1.84. The number of hydrogen-bond acceptors (Lipinski definition) is 2. The van der Waals surface area contributed by atoms with Gasteiger partial charge in [0.25, 0.3) is 0 Å². The van der Waals surface area contributed by atoms with Gasteiger partial charge in [-0.2, -0.15) is 8.42 Å². The minimum atomic E-state index is -4.37. The summed E-state index contributed by atoms with van der Waals surface area (Å²) >= 11 is 0. The summed E-state index contributed by atoms with van der Waals surface area (Å²) < 4.78 is 34.2. The Kier molecular flexibility index (Phi) is 2.31. The second-order valence-corrected chi connectivity index (χ2v) is 5.23. The lowest BCUT2D eigenvalue weighted by molar-refractivity contribution is 0.518. The van der Waals surface area contributed by atoms with Crippen LogP contribution in [-0.4, -0.2) is 13.7 Å². The van der Waals surface area contributed by atoms with Crippen molar-refractivity contribution in [2.45, 2.75) is 24.5 Å². The minimum absolute atomic E-state index is 0.314. The summed E-state index contributed by atoms with van der Waals surface area (Å²) in [5, 5.41) is -0.836. The summed E-state index contributed by atoms with van der Waals surface area (Å²) in [6, 6.07) is 7.61. The van der Waals surface area contributed by atoms with E-state index in [0.717, 1.165) is 11.1 Å². The Morgan fingerprint density at radius 1 is 1.21 bits per heavy atom. The number of aryl methyl sites for hydroxylation is 1. The van der Waals surface area contributed by atoms with Gasteiger partial charge in [0.15, 0.2) is 0 Å². The molecule has 0 aliphatic heterocycles. The molecule has 0 saturated carbocycles. The topological polar surface area (TPSA) is 34.1 Å². The van der Waals surface area contributed by atoms with Crippen molar-refractivity contribution in [1.29, 1.82) is 0 Å². The highest BCUT2D eigenvalue weighted by Crippen LogP contribution is 2.25. The lowest BCUT2D eigenvalue weighted by Crippen LogP contribution is -2.25. The highest BCUT2D eigenvalue weighted by atomic mass is 32.3. The number of rotatable bonds is 1. The molecule has 0 aromatic heterocycles. The highest BCUT2D eigenvalue weighted by molar-refractivity contribution is 7.87. The van der Waals surface area contributed by atoms with Gasteiger partial charge in [-0.1, -0.05) is 24.3 Å². The van der Waals surface area contributed by atoms with Crippen LogP contribution >= 0.6 is 0 Å². The highest BCUT2D eigenvalue weighted by Gasteiger charge is 2.28. The third kappa shape index (κ3) is 1.80. The Labute approximate surface area is 83.0 Å². The van der Waals surface area contributed by atoms with E-state index in [1.165, 1.54) is 0 Å². The van der Waals surface area contributed by atoms with E-state index in [1.54, 1.807) is 0 Å². The first-order chi connectivity index (χ1) is 6.57. The summed E-state index contributed by atoms with van der Waals surface area (Å²) in [4.78, 5) is 0. The van der Waals surface area contributed by atoms with Crippen LogP contribution in [0.5, 0.6) is 0 Å². The first kappa shape index (κ1) is 9.65. The Morgan fingerprint density at radius 3 is 2.50 bits per heavy atom. The number of hydrogen-bond donors (Lipinski definition) is 0. The Morgan fingerprint density at radius 2 is 1.86 bits per heavy atom. The zero-order valence-corrected chi connectivity index (χ0v) is 8.43. The molecule has 0 amide bonds. The maximum atomic E-state index is 12.7. The molecule has 0 N–H and O–H groups in total. The van der Waals surface area contributed by atoms with Crippen molar-refractivity contribution in [3.05, 3.63) is 35.4 Å². The maximum Gasteiger partial charge on any atom is 0.305 e. The van der Waals surface area contributed by atoms with E-state index in [1.807, 2.05) is 24.3 Å². The molecule has 0 saturated heterocycles. The van der Waals surface area contributed by atoms with Gasteiger partial charge >= 0.3 is 10.2 Å². The molecule has 0 heterocycles. The van der Waals surface area contributed by atoms with Crippen molar-refractivity contribution in [1.82, 2.24) is 0 Å². The lowest BCUT2D eigenvalue weighted by atomic mass is 9.92. The Balaban J connectivity index is 2.30. The number of benzene rings is 1. The van der Waals surface area contributed by atoms with Crippen molar-refractivity contribution in [2.24, 2.45) is 0 Å². The van der Waals surface area contributed by atoms with Crippen LogP contribution in [0.2, 0.25) is 0 Å². The minimum Gasteiger partial charge on any atom is -0.195 e.